The monoisotopic (exact) mass is 168 g/mol. The number of hydrogen-bond acceptors (Lipinski definition) is 2. The van der Waals surface area contributed by atoms with Gasteiger partial charge in [-0.3, -0.25) is 4.79 Å². The summed E-state index contributed by atoms with van der Waals surface area (Å²) < 4.78 is 0. The van der Waals surface area contributed by atoms with Crippen molar-refractivity contribution >= 4 is 11.7 Å². The SMILES string of the molecule is O=C(O)Cc1cccc([NH2+]O)c1. The molecule has 0 aliphatic carbocycles. The second-order valence-electron chi connectivity index (χ2n) is 2.44. The van der Waals surface area contributed by atoms with Gasteiger partial charge < -0.3 is 5.11 Å². The third-order valence-corrected chi connectivity index (χ3v) is 1.46. The fraction of sp³-hybridized carbons (Fsp3) is 0.125. The smallest absolute Gasteiger partial charge is 0.307 e. The number of aliphatic carboxylic acids is 1. The molecule has 1 rings (SSSR count). The third kappa shape index (κ3) is 2.34. The van der Waals surface area contributed by atoms with Crippen LogP contribution < -0.4 is 5.48 Å². The van der Waals surface area contributed by atoms with Crippen molar-refractivity contribution in [1.82, 2.24) is 0 Å². The summed E-state index contributed by atoms with van der Waals surface area (Å²) >= 11 is 0. The summed E-state index contributed by atoms with van der Waals surface area (Å²) in [6.45, 7) is 0. The van der Waals surface area contributed by atoms with Gasteiger partial charge in [-0.2, -0.15) is 5.48 Å². The minimum Gasteiger partial charge on any atom is -0.481 e. The standard InChI is InChI=1S/C8H9NO3/c10-8(11)5-6-2-1-3-7(4-6)9-12/h1-4,9,12H,5H2,(H,10,11)/p+1. The molecule has 4 heteroatoms. The lowest BCUT2D eigenvalue weighted by molar-refractivity contribution is -0.825. The average molecular weight is 168 g/mol. The second-order valence-corrected chi connectivity index (χ2v) is 2.44. The van der Waals surface area contributed by atoms with Crippen LogP contribution in [0.5, 0.6) is 0 Å². The largest absolute Gasteiger partial charge is 0.481 e. The second kappa shape index (κ2) is 3.85. The van der Waals surface area contributed by atoms with Crippen LogP contribution in [0.4, 0.5) is 5.69 Å². The zero-order valence-corrected chi connectivity index (χ0v) is 6.40. The van der Waals surface area contributed by atoms with Crippen LogP contribution >= 0.6 is 0 Å². The molecule has 0 atom stereocenters. The third-order valence-electron chi connectivity index (χ3n) is 1.46. The molecule has 0 aliphatic rings. The summed E-state index contributed by atoms with van der Waals surface area (Å²) in [6.07, 6.45) is -0.0122. The molecule has 4 N–H and O–H groups in total. The van der Waals surface area contributed by atoms with Crippen molar-refractivity contribution in [1.29, 1.82) is 0 Å². The molecule has 0 saturated carbocycles. The number of quaternary nitrogens is 1. The van der Waals surface area contributed by atoms with E-state index in [0.29, 0.717) is 11.3 Å². The van der Waals surface area contributed by atoms with E-state index < -0.39 is 5.97 Å². The van der Waals surface area contributed by atoms with Crippen LogP contribution in [0.3, 0.4) is 0 Å². The zero-order valence-electron chi connectivity index (χ0n) is 6.40. The van der Waals surface area contributed by atoms with Gasteiger partial charge in [0.15, 0.2) is 5.69 Å². The lowest BCUT2D eigenvalue weighted by atomic mass is 10.1. The first kappa shape index (κ1) is 8.70. The van der Waals surface area contributed by atoms with Crippen molar-refractivity contribution in [3.8, 4) is 0 Å². The molecular formula is C8H10NO3+. The van der Waals surface area contributed by atoms with Gasteiger partial charge in [-0.1, -0.05) is 12.1 Å². The Morgan fingerprint density at radius 1 is 1.50 bits per heavy atom. The highest BCUT2D eigenvalue weighted by Crippen LogP contribution is 2.05. The Labute approximate surface area is 69.4 Å². The fourth-order valence-electron chi connectivity index (χ4n) is 0.958. The lowest BCUT2D eigenvalue weighted by Crippen LogP contribution is -2.73. The predicted molar refractivity (Wildman–Crippen MR) is 41.2 cm³/mol. The fourth-order valence-corrected chi connectivity index (χ4v) is 0.958. The number of benzene rings is 1. The Hall–Kier alpha value is -1.39. The van der Waals surface area contributed by atoms with Crippen LogP contribution in [-0.2, 0) is 11.2 Å². The van der Waals surface area contributed by atoms with Crippen molar-refractivity contribution in [3.63, 3.8) is 0 Å². The number of carboxylic acids is 1. The summed E-state index contributed by atoms with van der Waals surface area (Å²) in [4.78, 5) is 10.3. The molecule has 4 nitrogen and oxygen atoms in total. The summed E-state index contributed by atoms with van der Waals surface area (Å²) in [5.41, 5.74) is 2.25. The van der Waals surface area contributed by atoms with E-state index in [1.54, 1.807) is 24.3 Å². The van der Waals surface area contributed by atoms with E-state index in [1.807, 2.05) is 0 Å². The maximum Gasteiger partial charge on any atom is 0.307 e. The van der Waals surface area contributed by atoms with Crippen LogP contribution in [0.1, 0.15) is 5.56 Å². The molecule has 0 aromatic heterocycles. The van der Waals surface area contributed by atoms with Gasteiger partial charge in [-0.05, 0) is 5.56 Å². The Balaban J connectivity index is 2.79. The van der Waals surface area contributed by atoms with E-state index in [1.165, 1.54) is 0 Å². The highest BCUT2D eigenvalue weighted by Gasteiger charge is 2.01. The zero-order chi connectivity index (χ0) is 8.97. The molecule has 0 spiro atoms. The van der Waals surface area contributed by atoms with Gasteiger partial charge in [-0.25, -0.2) is 5.21 Å². The molecular weight excluding hydrogens is 158 g/mol. The number of nitrogens with two attached hydrogens (primary N) is 1. The van der Waals surface area contributed by atoms with E-state index in [-0.39, 0.29) is 6.42 Å². The first-order valence-corrected chi connectivity index (χ1v) is 3.50. The molecule has 0 unspecified atom stereocenters. The summed E-state index contributed by atoms with van der Waals surface area (Å²) in [5.74, 6) is -0.870. The molecule has 0 bridgehead atoms. The predicted octanol–water partition coefficient (Wildman–Crippen LogP) is -0.102. The first-order chi connectivity index (χ1) is 5.72. The quantitative estimate of drug-likeness (QED) is 0.435. The topological polar surface area (TPSA) is 74.1 Å². The normalized spacial score (nSPS) is 9.75. The summed E-state index contributed by atoms with van der Waals surface area (Å²) in [6, 6.07) is 6.75. The molecule has 64 valence electrons. The number of hydrogen-bond donors (Lipinski definition) is 3. The Kier molecular flexibility index (Phi) is 2.79. The van der Waals surface area contributed by atoms with Gasteiger partial charge in [0.1, 0.15) is 0 Å². The van der Waals surface area contributed by atoms with E-state index in [4.69, 9.17) is 10.3 Å². The maximum atomic E-state index is 10.3. The molecule has 1 aromatic carbocycles. The van der Waals surface area contributed by atoms with Crippen molar-refractivity contribution in [3.05, 3.63) is 29.8 Å². The van der Waals surface area contributed by atoms with Crippen molar-refractivity contribution < 1.29 is 20.6 Å². The van der Waals surface area contributed by atoms with E-state index in [2.05, 4.69) is 0 Å². The van der Waals surface area contributed by atoms with Gasteiger partial charge in [0.2, 0.25) is 0 Å². The van der Waals surface area contributed by atoms with Gasteiger partial charge in [0.25, 0.3) is 0 Å². The van der Waals surface area contributed by atoms with Crippen LogP contribution in [0.25, 0.3) is 0 Å². The van der Waals surface area contributed by atoms with Crippen LogP contribution in [-0.4, -0.2) is 16.3 Å². The Morgan fingerprint density at radius 2 is 2.25 bits per heavy atom. The summed E-state index contributed by atoms with van der Waals surface area (Å²) in [5, 5.41) is 17.1. The highest BCUT2D eigenvalue weighted by atomic mass is 16.5. The maximum absolute atomic E-state index is 10.3. The number of carbonyl (C=O) groups is 1. The van der Waals surface area contributed by atoms with E-state index >= 15 is 0 Å². The van der Waals surface area contributed by atoms with Gasteiger partial charge in [0, 0.05) is 12.1 Å². The lowest BCUT2D eigenvalue weighted by Gasteiger charge is -1.96. The number of rotatable bonds is 3. The number of carboxylic acid groups (broad SMARTS) is 1. The molecule has 0 saturated heterocycles. The molecule has 0 fully saturated rings. The first-order valence-electron chi connectivity index (χ1n) is 3.50. The van der Waals surface area contributed by atoms with Crippen molar-refractivity contribution in [2.45, 2.75) is 6.42 Å². The van der Waals surface area contributed by atoms with Crippen molar-refractivity contribution in [2.24, 2.45) is 0 Å². The van der Waals surface area contributed by atoms with E-state index in [0.717, 1.165) is 5.48 Å². The van der Waals surface area contributed by atoms with Crippen LogP contribution in [0.2, 0.25) is 0 Å². The Bertz CT molecular complexity index is 285. The Morgan fingerprint density at radius 3 is 2.83 bits per heavy atom. The van der Waals surface area contributed by atoms with Gasteiger partial charge in [-0.15, -0.1) is 0 Å². The molecule has 0 aliphatic heterocycles. The van der Waals surface area contributed by atoms with E-state index in [9.17, 15) is 4.79 Å². The average Bonchev–Trinajstić information content (AvgIpc) is 2.03. The molecule has 0 amide bonds. The van der Waals surface area contributed by atoms with Gasteiger partial charge in [0.05, 0.1) is 6.42 Å². The minimum absolute atomic E-state index is 0.0122. The van der Waals surface area contributed by atoms with Crippen LogP contribution in [0, 0.1) is 0 Å². The molecule has 1 aromatic rings. The molecule has 0 heterocycles. The molecule has 0 radical (unpaired) electrons. The molecule has 12 heavy (non-hydrogen) atoms. The van der Waals surface area contributed by atoms with Crippen LogP contribution in [0.15, 0.2) is 24.3 Å². The minimum atomic E-state index is -0.870. The highest BCUT2D eigenvalue weighted by molar-refractivity contribution is 5.70. The van der Waals surface area contributed by atoms with Gasteiger partial charge >= 0.3 is 5.97 Å². The summed E-state index contributed by atoms with van der Waals surface area (Å²) in [7, 11) is 0. The van der Waals surface area contributed by atoms with Crippen molar-refractivity contribution in [2.75, 3.05) is 0 Å².